The molecule has 1 fully saturated rings. The molecule has 0 heterocycles. The maximum atomic E-state index is 5.98. The second kappa shape index (κ2) is 5.28. The molecular weight excluding hydrogens is 188 g/mol. The fraction of sp³-hybridized carbons (Fsp3) is 1.00. The molecular formula is C12H26N2O. The third kappa shape index (κ3) is 2.71. The zero-order chi connectivity index (χ0) is 11.5. The number of likely N-dealkylation sites (N-methyl/N-ethyl adjacent to an activating group) is 1. The zero-order valence-corrected chi connectivity index (χ0v) is 10.6. The Labute approximate surface area is 94.0 Å². The van der Waals surface area contributed by atoms with Crippen molar-refractivity contribution in [2.45, 2.75) is 45.2 Å². The molecule has 3 nitrogen and oxygen atoms in total. The second-order valence-corrected chi connectivity index (χ2v) is 4.93. The van der Waals surface area contributed by atoms with Crippen molar-refractivity contribution in [2.75, 3.05) is 26.8 Å². The van der Waals surface area contributed by atoms with Crippen molar-refractivity contribution in [3.05, 3.63) is 0 Å². The third-order valence-corrected chi connectivity index (χ3v) is 3.81. The lowest BCUT2D eigenvalue weighted by Gasteiger charge is -2.44. The van der Waals surface area contributed by atoms with Crippen LogP contribution < -0.4 is 5.73 Å². The molecule has 90 valence electrons. The minimum absolute atomic E-state index is 0.173. The monoisotopic (exact) mass is 214 g/mol. The van der Waals surface area contributed by atoms with Crippen molar-refractivity contribution < 1.29 is 4.74 Å². The van der Waals surface area contributed by atoms with E-state index in [1.165, 1.54) is 12.8 Å². The number of hydrogen-bond donors (Lipinski definition) is 1. The Morgan fingerprint density at radius 2 is 2.13 bits per heavy atom. The smallest absolute Gasteiger partial charge is 0.0615 e. The molecule has 0 saturated heterocycles. The van der Waals surface area contributed by atoms with Gasteiger partial charge in [0.2, 0.25) is 0 Å². The van der Waals surface area contributed by atoms with Gasteiger partial charge in [-0.3, -0.25) is 4.90 Å². The van der Waals surface area contributed by atoms with Gasteiger partial charge in [0.05, 0.1) is 6.61 Å². The molecule has 1 rings (SSSR count). The third-order valence-electron chi connectivity index (χ3n) is 3.81. The van der Waals surface area contributed by atoms with Gasteiger partial charge in [-0.1, -0.05) is 6.92 Å². The predicted octanol–water partition coefficient (Wildman–Crippen LogP) is 1.47. The van der Waals surface area contributed by atoms with Crippen molar-refractivity contribution in [3.8, 4) is 0 Å². The average molecular weight is 214 g/mol. The maximum Gasteiger partial charge on any atom is 0.0615 e. The largest absolute Gasteiger partial charge is 0.383 e. The van der Waals surface area contributed by atoms with Crippen LogP contribution in [0.5, 0.6) is 0 Å². The molecule has 1 aliphatic rings. The van der Waals surface area contributed by atoms with Crippen LogP contribution in [0.3, 0.4) is 0 Å². The van der Waals surface area contributed by atoms with Crippen molar-refractivity contribution in [1.82, 2.24) is 4.90 Å². The highest BCUT2D eigenvalue weighted by atomic mass is 16.5. The molecule has 3 heteroatoms. The van der Waals surface area contributed by atoms with E-state index >= 15 is 0 Å². The van der Waals surface area contributed by atoms with Crippen LogP contribution in [0.1, 0.15) is 33.6 Å². The van der Waals surface area contributed by atoms with E-state index < -0.39 is 0 Å². The summed E-state index contributed by atoms with van der Waals surface area (Å²) in [5, 5.41) is 0. The maximum absolute atomic E-state index is 5.98. The lowest BCUT2D eigenvalue weighted by atomic mass is 9.92. The number of hydrogen-bond acceptors (Lipinski definition) is 3. The number of nitrogens with two attached hydrogens (primary N) is 1. The first kappa shape index (κ1) is 12.9. The summed E-state index contributed by atoms with van der Waals surface area (Å²) in [6.45, 7) is 9.33. The van der Waals surface area contributed by atoms with E-state index in [-0.39, 0.29) is 5.54 Å². The summed E-state index contributed by atoms with van der Waals surface area (Å²) in [5.74, 6) is 0.793. The Bertz CT molecular complexity index is 194. The average Bonchev–Trinajstić information content (AvgIpc) is 3.02. The Balaban J connectivity index is 2.68. The van der Waals surface area contributed by atoms with Crippen LogP contribution in [-0.4, -0.2) is 43.3 Å². The molecule has 2 atom stereocenters. The van der Waals surface area contributed by atoms with Crippen molar-refractivity contribution in [3.63, 3.8) is 0 Å². The SMILES string of the molecule is CCN(C(C)COC)C(C)(CN)C1CC1. The first-order chi connectivity index (χ1) is 7.10. The molecule has 1 aliphatic carbocycles. The van der Waals surface area contributed by atoms with Gasteiger partial charge in [0.25, 0.3) is 0 Å². The molecule has 0 aliphatic heterocycles. The Kier molecular flexibility index (Phi) is 4.56. The molecule has 0 amide bonds. The molecule has 0 aromatic heterocycles. The van der Waals surface area contributed by atoms with Crippen LogP contribution in [0.15, 0.2) is 0 Å². The van der Waals surface area contributed by atoms with Gasteiger partial charge in [-0.2, -0.15) is 0 Å². The van der Waals surface area contributed by atoms with Crippen molar-refractivity contribution in [2.24, 2.45) is 11.7 Å². The summed E-state index contributed by atoms with van der Waals surface area (Å²) in [5.41, 5.74) is 6.15. The summed E-state index contributed by atoms with van der Waals surface area (Å²) < 4.78 is 5.24. The van der Waals surface area contributed by atoms with Gasteiger partial charge in [-0.05, 0) is 39.2 Å². The molecule has 2 unspecified atom stereocenters. The summed E-state index contributed by atoms with van der Waals surface area (Å²) >= 11 is 0. The van der Waals surface area contributed by atoms with E-state index in [1.807, 2.05) is 0 Å². The van der Waals surface area contributed by atoms with Crippen molar-refractivity contribution in [1.29, 1.82) is 0 Å². The molecule has 1 saturated carbocycles. The van der Waals surface area contributed by atoms with E-state index in [4.69, 9.17) is 10.5 Å². The quantitative estimate of drug-likeness (QED) is 0.697. The molecule has 0 aromatic rings. The van der Waals surface area contributed by atoms with Gasteiger partial charge in [0.15, 0.2) is 0 Å². The van der Waals surface area contributed by atoms with Crippen LogP contribution in [0.25, 0.3) is 0 Å². The molecule has 0 aromatic carbocycles. The highest BCUT2D eigenvalue weighted by Gasteiger charge is 2.45. The summed E-state index contributed by atoms with van der Waals surface area (Å²) in [6.07, 6.45) is 2.67. The Morgan fingerprint density at radius 1 is 1.53 bits per heavy atom. The molecule has 2 N–H and O–H groups in total. The summed E-state index contributed by atoms with van der Waals surface area (Å²) in [7, 11) is 1.77. The predicted molar refractivity (Wildman–Crippen MR) is 63.9 cm³/mol. The van der Waals surface area contributed by atoms with Gasteiger partial charge < -0.3 is 10.5 Å². The number of methoxy groups -OCH3 is 1. The molecule has 0 bridgehead atoms. The van der Waals surface area contributed by atoms with Gasteiger partial charge in [0, 0.05) is 25.2 Å². The van der Waals surface area contributed by atoms with Gasteiger partial charge >= 0.3 is 0 Å². The van der Waals surface area contributed by atoms with Crippen LogP contribution in [0.2, 0.25) is 0 Å². The van der Waals surface area contributed by atoms with Crippen LogP contribution >= 0.6 is 0 Å². The van der Waals surface area contributed by atoms with E-state index in [2.05, 4.69) is 25.7 Å². The first-order valence-corrected chi connectivity index (χ1v) is 6.05. The van der Waals surface area contributed by atoms with Gasteiger partial charge in [-0.25, -0.2) is 0 Å². The van der Waals surface area contributed by atoms with Crippen LogP contribution in [-0.2, 0) is 4.74 Å². The minimum Gasteiger partial charge on any atom is -0.383 e. The zero-order valence-electron chi connectivity index (χ0n) is 10.6. The highest BCUT2D eigenvalue weighted by Crippen LogP contribution is 2.43. The lowest BCUT2D eigenvalue weighted by molar-refractivity contribution is 0.0176. The van der Waals surface area contributed by atoms with Crippen LogP contribution in [0.4, 0.5) is 0 Å². The number of ether oxygens (including phenoxy) is 1. The van der Waals surface area contributed by atoms with Gasteiger partial charge in [0.1, 0.15) is 0 Å². The fourth-order valence-corrected chi connectivity index (χ4v) is 2.73. The molecule has 15 heavy (non-hydrogen) atoms. The summed E-state index contributed by atoms with van der Waals surface area (Å²) in [6, 6.07) is 0.453. The van der Waals surface area contributed by atoms with E-state index in [1.54, 1.807) is 7.11 Å². The van der Waals surface area contributed by atoms with Crippen LogP contribution in [0, 0.1) is 5.92 Å². The fourth-order valence-electron chi connectivity index (χ4n) is 2.73. The number of rotatable bonds is 7. The Hall–Kier alpha value is -0.120. The topological polar surface area (TPSA) is 38.5 Å². The second-order valence-electron chi connectivity index (χ2n) is 4.93. The lowest BCUT2D eigenvalue weighted by Crippen LogP contribution is -2.57. The highest BCUT2D eigenvalue weighted by molar-refractivity contribution is 5.01. The van der Waals surface area contributed by atoms with E-state index in [0.29, 0.717) is 6.04 Å². The molecule has 0 radical (unpaired) electrons. The summed E-state index contributed by atoms with van der Waals surface area (Å²) in [4.78, 5) is 2.51. The van der Waals surface area contributed by atoms with E-state index in [9.17, 15) is 0 Å². The van der Waals surface area contributed by atoms with Crippen molar-refractivity contribution >= 4 is 0 Å². The first-order valence-electron chi connectivity index (χ1n) is 6.05. The molecule has 0 spiro atoms. The van der Waals surface area contributed by atoms with Gasteiger partial charge in [-0.15, -0.1) is 0 Å². The Morgan fingerprint density at radius 3 is 2.47 bits per heavy atom. The number of nitrogens with zero attached hydrogens (tertiary/aromatic N) is 1. The minimum atomic E-state index is 0.173. The van der Waals surface area contributed by atoms with E-state index in [0.717, 1.165) is 25.6 Å². The normalized spacial score (nSPS) is 22.8. The standard InChI is InChI=1S/C12H26N2O/c1-5-14(10(2)8-15-4)12(3,9-13)11-6-7-11/h10-11H,5-9,13H2,1-4H3.